The third-order valence-corrected chi connectivity index (χ3v) is 5.77. The Morgan fingerprint density at radius 1 is 1.16 bits per heavy atom. The Morgan fingerprint density at radius 2 is 1.91 bits per heavy atom. The van der Waals surface area contributed by atoms with Crippen molar-refractivity contribution in [2.75, 3.05) is 6.61 Å². The minimum absolute atomic E-state index is 0.00587. The molecule has 0 radical (unpaired) electrons. The fraction of sp³-hybridized carbons (Fsp3) is 0.136. The number of rotatable bonds is 5. The highest BCUT2D eigenvalue weighted by atomic mass is 35.5. The van der Waals surface area contributed by atoms with Gasteiger partial charge in [-0.2, -0.15) is 0 Å². The summed E-state index contributed by atoms with van der Waals surface area (Å²) in [7, 11) is 0. The molecule has 164 valence electrons. The van der Waals surface area contributed by atoms with E-state index in [2.05, 4.69) is 9.97 Å². The number of nitrogens with zero attached hydrogens (tertiary/aromatic N) is 2. The minimum Gasteiger partial charge on any atom is -0.492 e. The number of fused-ring (bicyclic) bond motifs is 1. The van der Waals surface area contributed by atoms with Crippen LogP contribution in [-0.2, 0) is 0 Å². The maximum absolute atomic E-state index is 14.1. The highest BCUT2D eigenvalue weighted by molar-refractivity contribution is 7.71. The molecular weight excluding hydrogens is 479 g/mol. The Bertz CT molecular complexity index is 1450. The highest BCUT2D eigenvalue weighted by Crippen LogP contribution is 2.34. The van der Waals surface area contributed by atoms with Crippen LogP contribution in [0.2, 0.25) is 10.0 Å². The second kappa shape index (κ2) is 8.97. The number of ether oxygens (including phenoxy) is 1. The molecule has 0 saturated carbocycles. The van der Waals surface area contributed by atoms with Crippen LogP contribution in [0.15, 0.2) is 53.3 Å². The lowest BCUT2D eigenvalue weighted by Crippen LogP contribution is -2.17. The van der Waals surface area contributed by atoms with Gasteiger partial charge < -0.3 is 4.74 Å². The van der Waals surface area contributed by atoms with Crippen molar-refractivity contribution in [1.29, 1.82) is 0 Å². The first-order chi connectivity index (χ1) is 15.3. The lowest BCUT2D eigenvalue weighted by Gasteiger charge is -2.17. The van der Waals surface area contributed by atoms with Crippen LogP contribution in [-0.4, -0.2) is 21.1 Å². The molecule has 5 nitrogen and oxygen atoms in total. The Hall–Kier alpha value is -2.81. The van der Waals surface area contributed by atoms with E-state index in [4.69, 9.17) is 40.2 Å². The number of H-pyrrole nitrogens is 1. The van der Waals surface area contributed by atoms with Crippen molar-refractivity contribution in [3.63, 3.8) is 0 Å². The summed E-state index contributed by atoms with van der Waals surface area (Å²) in [5, 5.41) is 0.299. The van der Waals surface area contributed by atoms with E-state index in [1.807, 2.05) is 6.92 Å². The largest absolute Gasteiger partial charge is 0.492 e. The number of pyridine rings is 1. The average molecular weight is 494 g/mol. The van der Waals surface area contributed by atoms with Gasteiger partial charge >= 0.3 is 0 Å². The van der Waals surface area contributed by atoms with Crippen molar-refractivity contribution in [3.05, 3.63) is 79.3 Å². The van der Waals surface area contributed by atoms with Crippen LogP contribution in [0.4, 0.5) is 8.78 Å². The van der Waals surface area contributed by atoms with E-state index in [1.165, 1.54) is 16.7 Å². The fourth-order valence-corrected chi connectivity index (χ4v) is 3.95. The molecule has 1 N–H and O–H groups in total. The van der Waals surface area contributed by atoms with Crippen LogP contribution in [0, 0.1) is 4.77 Å². The summed E-state index contributed by atoms with van der Waals surface area (Å²) in [4.78, 5) is 19.7. The minimum atomic E-state index is -2.94. The van der Waals surface area contributed by atoms with E-state index in [0.29, 0.717) is 28.6 Å². The summed E-state index contributed by atoms with van der Waals surface area (Å²) in [6.07, 6.45) is -2.94. The first-order valence-electron chi connectivity index (χ1n) is 9.47. The van der Waals surface area contributed by atoms with Gasteiger partial charge in [0.2, 0.25) is 0 Å². The maximum Gasteiger partial charge on any atom is 0.264 e. The van der Waals surface area contributed by atoms with Crippen LogP contribution < -0.4 is 10.3 Å². The van der Waals surface area contributed by atoms with Crippen molar-refractivity contribution in [2.45, 2.75) is 13.3 Å². The summed E-state index contributed by atoms with van der Waals surface area (Å²) < 4.78 is 35.2. The number of nitrogens with one attached hydrogen (secondary N) is 1. The smallest absolute Gasteiger partial charge is 0.264 e. The van der Waals surface area contributed by atoms with Gasteiger partial charge in [-0.3, -0.25) is 14.3 Å². The molecule has 0 unspecified atom stereocenters. The molecule has 0 aliphatic heterocycles. The normalized spacial score (nSPS) is 11.3. The van der Waals surface area contributed by atoms with E-state index >= 15 is 0 Å². The highest BCUT2D eigenvalue weighted by Gasteiger charge is 2.22. The van der Waals surface area contributed by atoms with Crippen molar-refractivity contribution in [1.82, 2.24) is 14.5 Å². The molecule has 2 aromatic carbocycles. The van der Waals surface area contributed by atoms with Gasteiger partial charge in [0.05, 0.1) is 33.4 Å². The zero-order valence-corrected chi connectivity index (χ0v) is 18.9. The predicted molar refractivity (Wildman–Crippen MR) is 124 cm³/mol. The lowest BCUT2D eigenvalue weighted by atomic mass is 10.1. The van der Waals surface area contributed by atoms with Crippen LogP contribution in [0.1, 0.15) is 18.9 Å². The Morgan fingerprint density at radius 3 is 2.59 bits per heavy atom. The lowest BCUT2D eigenvalue weighted by molar-refractivity contribution is 0.153. The van der Waals surface area contributed by atoms with Gasteiger partial charge in [-0.15, -0.1) is 0 Å². The number of hydrogen-bond donors (Lipinski definition) is 1. The molecule has 32 heavy (non-hydrogen) atoms. The quantitative estimate of drug-likeness (QED) is 0.312. The topological polar surface area (TPSA) is 59.9 Å². The SMILES string of the molecule is CCOc1ccccc1-n1c(=S)[nH]c(=O)c2c(C(F)F)cc(-c3ccc(Cl)c(Cl)c3)nc21. The van der Waals surface area contributed by atoms with Crippen molar-refractivity contribution >= 4 is 46.5 Å². The van der Waals surface area contributed by atoms with Crippen molar-refractivity contribution in [2.24, 2.45) is 0 Å². The third-order valence-electron chi connectivity index (χ3n) is 4.75. The van der Waals surface area contributed by atoms with Gasteiger partial charge in [0, 0.05) is 11.1 Å². The average Bonchev–Trinajstić information content (AvgIpc) is 2.76. The molecule has 4 aromatic rings. The van der Waals surface area contributed by atoms with Crippen LogP contribution in [0.3, 0.4) is 0 Å². The summed E-state index contributed by atoms with van der Waals surface area (Å²) in [6, 6.07) is 12.8. The molecular formula is C22H15Cl2F2N3O2S. The first kappa shape index (κ1) is 22.4. The van der Waals surface area contributed by atoms with Gasteiger partial charge in [0.1, 0.15) is 5.75 Å². The Labute approximate surface area is 196 Å². The van der Waals surface area contributed by atoms with E-state index in [9.17, 15) is 13.6 Å². The molecule has 0 aliphatic carbocycles. The molecule has 0 atom stereocenters. The van der Waals surface area contributed by atoms with Gasteiger partial charge in [0.25, 0.3) is 12.0 Å². The van der Waals surface area contributed by atoms with Gasteiger partial charge in [-0.05, 0) is 49.5 Å². The first-order valence-corrected chi connectivity index (χ1v) is 10.6. The summed E-state index contributed by atoms with van der Waals surface area (Å²) >= 11 is 17.5. The standard InChI is InChI=1S/C22H15Cl2F2N3O2S/c1-2-31-17-6-4-3-5-16(17)29-20-18(21(30)28-22(29)32)12(19(25)26)10-15(27-20)11-7-8-13(23)14(24)9-11/h3-10,19H,2H2,1H3,(H,28,30,32). The van der Waals surface area contributed by atoms with Crippen LogP contribution >= 0.6 is 35.4 Å². The Balaban J connectivity index is 2.14. The number of alkyl halides is 2. The molecule has 10 heteroatoms. The molecule has 0 amide bonds. The predicted octanol–water partition coefficient (Wildman–Crippen LogP) is 6.75. The number of para-hydroxylation sites is 2. The van der Waals surface area contributed by atoms with E-state index < -0.39 is 17.5 Å². The summed E-state index contributed by atoms with van der Waals surface area (Å²) in [5.74, 6) is 0.458. The zero-order valence-electron chi connectivity index (χ0n) is 16.5. The zero-order chi connectivity index (χ0) is 23.0. The molecule has 0 bridgehead atoms. The number of benzene rings is 2. The molecule has 4 rings (SSSR count). The monoisotopic (exact) mass is 493 g/mol. The second-order valence-corrected chi connectivity index (χ2v) is 7.92. The van der Waals surface area contributed by atoms with Crippen LogP contribution in [0.5, 0.6) is 5.75 Å². The van der Waals surface area contributed by atoms with E-state index in [1.54, 1.807) is 36.4 Å². The molecule has 0 aliphatic rings. The Kier molecular flexibility index (Phi) is 6.28. The van der Waals surface area contributed by atoms with Crippen LogP contribution in [0.25, 0.3) is 28.0 Å². The molecule has 2 aromatic heterocycles. The van der Waals surface area contributed by atoms with Gasteiger partial charge in [-0.25, -0.2) is 13.8 Å². The molecule has 0 saturated heterocycles. The number of hydrogen-bond acceptors (Lipinski definition) is 4. The molecule has 0 spiro atoms. The summed E-state index contributed by atoms with van der Waals surface area (Å²) in [6.45, 7) is 2.19. The van der Waals surface area contributed by atoms with Crippen molar-refractivity contribution in [3.8, 4) is 22.7 Å². The molecule has 0 fully saturated rings. The maximum atomic E-state index is 14.1. The molecule has 2 heterocycles. The third kappa shape index (κ3) is 4.01. The summed E-state index contributed by atoms with van der Waals surface area (Å²) in [5.41, 5.74) is -0.147. The second-order valence-electron chi connectivity index (χ2n) is 6.72. The number of aromatic nitrogens is 3. The van der Waals surface area contributed by atoms with Gasteiger partial charge in [-0.1, -0.05) is 41.4 Å². The van der Waals surface area contributed by atoms with E-state index in [-0.39, 0.29) is 26.5 Å². The fourth-order valence-electron chi connectivity index (χ4n) is 3.38. The van der Waals surface area contributed by atoms with E-state index in [0.717, 1.165) is 0 Å². The number of aromatic amines is 1. The van der Waals surface area contributed by atoms with Crippen molar-refractivity contribution < 1.29 is 13.5 Å². The van der Waals surface area contributed by atoms with Gasteiger partial charge in [0.15, 0.2) is 10.4 Å². The number of halogens is 4.